The average molecular weight is 1260 g/mol. The number of rotatable bonds is 25. The number of aliphatic hydroxyl groups is 20. The molecule has 38 heteroatoms. The zero-order chi connectivity index (χ0) is 63.9. The summed E-state index contributed by atoms with van der Waals surface area (Å²) in [5.41, 5.74) is 0. The van der Waals surface area contributed by atoms with Crippen LogP contribution in [0.4, 0.5) is 0 Å². The molecule has 86 heavy (non-hydrogen) atoms. The Morgan fingerprint density at radius 1 is 0.395 bits per heavy atom. The molecule has 0 saturated carbocycles. The molecule has 38 nitrogen and oxygen atoms in total. The Bertz CT molecular complexity index is 2120. The molecule has 0 aliphatic carbocycles. The van der Waals surface area contributed by atoms with Crippen LogP contribution in [-0.4, -0.2) is 375 Å². The predicted molar refractivity (Wildman–Crippen MR) is 267 cm³/mol. The second kappa shape index (κ2) is 31.9. The molecule has 0 aromatic carbocycles. The van der Waals surface area contributed by atoms with E-state index < -0.39 is 272 Å². The van der Waals surface area contributed by atoms with Crippen molar-refractivity contribution in [2.45, 2.75) is 236 Å². The van der Waals surface area contributed by atoms with Crippen molar-refractivity contribution in [3.63, 3.8) is 0 Å². The van der Waals surface area contributed by atoms with Crippen molar-refractivity contribution in [2.24, 2.45) is 0 Å². The highest BCUT2D eigenvalue weighted by molar-refractivity contribution is 5.74. The fourth-order valence-electron chi connectivity index (χ4n) is 10.7. The first-order valence-electron chi connectivity index (χ1n) is 27.4. The van der Waals surface area contributed by atoms with Gasteiger partial charge in [-0.3, -0.25) is 14.4 Å². The lowest BCUT2D eigenvalue weighted by Gasteiger charge is -2.52. The highest BCUT2D eigenvalue weighted by Crippen LogP contribution is 2.38. The Morgan fingerprint density at radius 3 is 1.28 bits per heavy atom. The fraction of sp³-hybridized carbons (Fsp3) is 0.938. The Kier molecular flexibility index (Phi) is 26.8. The molecule has 0 radical (unpaired) electrons. The van der Waals surface area contributed by atoms with Crippen molar-refractivity contribution in [1.82, 2.24) is 16.0 Å². The van der Waals surface area contributed by atoms with Gasteiger partial charge in [-0.2, -0.15) is 0 Å². The van der Waals surface area contributed by atoms with Gasteiger partial charge in [0.2, 0.25) is 17.7 Å². The lowest BCUT2D eigenvalue weighted by atomic mass is 9.93. The van der Waals surface area contributed by atoms with Gasteiger partial charge >= 0.3 is 0 Å². The van der Waals surface area contributed by atoms with Crippen molar-refractivity contribution in [3.05, 3.63) is 0 Å². The van der Waals surface area contributed by atoms with Crippen molar-refractivity contribution < 1.29 is 173 Å². The molecule has 34 atom stereocenters. The van der Waals surface area contributed by atoms with E-state index >= 15 is 0 Å². The first-order valence-corrected chi connectivity index (χ1v) is 27.4. The Morgan fingerprint density at radius 2 is 0.791 bits per heavy atom. The van der Waals surface area contributed by atoms with E-state index in [1.54, 1.807) is 0 Å². The summed E-state index contributed by atoms with van der Waals surface area (Å²) in [6.07, 6.45) is -61.2. The Balaban J connectivity index is 1.29. The molecule has 500 valence electrons. The first-order chi connectivity index (χ1) is 40.6. The minimum Gasteiger partial charge on any atom is -0.394 e. The summed E-state index contributed by atoms with van der Waals surface area (Å²) in [4.78, 5) is 37.9. The molecule has 0 aromatic rings. The van der Waals surface area contributed by atoms with Crippen LogP contribution in [0.1, 0.15) is 27.7 Å². The quantitative estimate of drug-likeness (QED) is 0.0404. The molecule has 0 spiro atoms. The van der Waals surface area contributed by atoms with Crippen LogP contribution in [0.2, 0.25) is 0 Å². The zero-order valence-corrected chi connectivity index (χ0v) is 46.6. The molecule has 6 fully saturated rings. The average Bonchev–Trinajstić information content (AvgIpc) is 0.888. The van der Waals surface area contributed by atoms with E-state index in [2.05, 4.69) is 16.0 Å². The van der Waals surface area contributed by atoms with Gasteiger partial charge in [-0.1, -0.05) is 0 Å². The number of aliphatic hydroxyl groups excluding tert-OH is 20. The Hall–Kier alpha value is -2.87. The number of ether oxygens (including phenoxy) is 12. The van der Waals surface area contributed by atoms with E-state index in [0.29, 0.717) is 0 Å². The maximum absolute atomic E-state index is 13.1. The van der Waals surface area contributed by atoms with E-state index in [9.17, 15) is 117 Å². The maximum Gasteiger partial charge on any atom is 0.217 e. The molecule has 6 aliphatic heterocycles. The van der Waals surface area contributed by atoms with Crippen molar-refractivity contribution in [1.29, 1.82) is 0 Å². The van der Waals surface area contributed by atoms with Crippen molar-refractivity contribution >= 4 is 17.7 Å². The van der Waals surface area contributed by atoms with Crippen LogP contribution in [0.5, 0.6) is 0 Å². The van der Waals surface area contributed by atoms with Crippen LogP contribution in [0, 0.1) is 0 Å². The Labute approximate surface area is 488 Å². The van der Waals surface area contributed by atoms with Crippen LogP contribution >= 0.6 is 0 Å². The molecule has 23 N–H and O–H groups in total. The van der Waals surface area contributed by atoms with Crippen LogP contribution in [-0.2, 0) is 71.2 Å². The third kappa shape index (κ3) is 16.2. The third-order valence-corrected chi connectivity index (χ3v) is 15.4. The summed E-state index contributed by atoms with van der Waals surface area (Å²) in [5.74, 6) is -2.61. The SMILES string of the molecule is CC(=O)N[C@H]1[C@H](O[C@H]2[C@@H](O)[C@@H](CO)O[C@@H](O[C@@H]([C@@H](O)[C@H](O)CO)[C@H](CO)NC(C)=O)[C@@H]2O)O[C@H](CO)[C@@H](O[C@@H]2O[C@H](CO)[C@H](O)[C@H](O[C@@H]3O[C@H](CO)[C@@H](O[C@@H]4O[C@@H](C)[C@@H](O)[C@@H](O)[C@@H]4O)[C@H](O[C@@H]4O[C@H](CO)[C@H](O)[C@H](O)[C@H]4O)[C@H]3NC(C)=O)[C@H]2O)[C@@H]1O. The molecule has 6 heterocycles. The number of carbonyl (C=O) groups excluding carboxylic acids is 3. The van der Waals surface area contributed by atoms with Gasteiger partial charge in [0.05, 0.1) is 58.4 Å². The number of carbonyl (C=O) groups is 3. The maximum atomic E-state index is 13.1. The molecular weight excluding hydrogens is 1180 g/mol. The van der Waals surface area contributed by atoms with Gasteiger partial charge in [0, 0.05) is 20.8 Å². The molecule has 6 aliphatic rings. The number of hydrogen-bond acceptors (Lipinski definition) is 35. The van der Waals surface area contributed by atoms with Gasteiger partial charge < -0.3 is 175 Å². The van der Waals surface area contributed by atoms with E-state index in [4.69, 9.17) is 56.8 Å². The van der Waals surface area contributed by atoms with Crippen LogP contribution in [0.25, 0.3) is 0 Å². The van der Waals surface area contributed by atoms with Crippen LogP contribution in [0.3, 0.4) is 0 Å². The van der Waals surface area contributed by atoms with E-state index in [-0.39, 0.29) is 0 Å². The van der Waals surface area contributed by atoms with E-state index in [0.717, 1.165) is 20.8 Å². The first kappa shape index (κ1) is 72.2. The van der Waals surface area contributed by atoms with Crippen molar-refractivity contribution in [3.8, 4) is 0 Å². The lowest BCUT2D eigenvalue weighted by molar-refractivity contribution is -0.392. The summed E-state index contributed by atoms with van der Waals surface area (Å²) in [6, 6.07) is -5.34. The molecular formula is C48H83N3O35. The van der Waals surface area contributed by atoms with Gasteiger partial charge in [0.25, 0.3) is 0 Å². The summed E-state index contributed by atoms with van der Waals surface area (Å²) in [6.45, 7) is -3.14. The van der Waals surface area contributed by atoms with Gasteiger partial charge in [0.15, 0.2) is 37.7 Å². The smallest absolute Gasteiger partial charge is 0.217 e. The van der Waals surface area contributed by atoms with Crippen molar-refractivity contribution in [2.75, 3.05) is 46.2 Å². The zero-order valence-electron chi connectivity index (χ0n) is 46.6. The topological polar surface area (TPSA) is 603 Å². The van der Waals surface area contributed by atoms with Gasteiger partial charge in [-0.25, -0.2) is 0 Å². The fourth-order valence-corrected chi connectivity index (χ4v) is 10.7. The summed E-state index contributed by atoms with van der Waals surface area (Å²) in [5, 5.41) is 223. The molecule has 3 amide bonds. The van der Waals surface area contributed by atoms with Gasteiger partial charge in [0.1, 0.15) is 159 Å². The molecule has 0 aromatic heterocycles. The summed E-state index contributed by atoms with van der Waals surface area (Å²) < 4.78 is 70.5. The third-order valence-electron chi connectivity index (χ3n) is 15.4. The normalized spacial score (nSPS) is 45.5. The molecule has 6 rings (SSSR count). The highest BCUT2D eigenvalue weighted by atomic mass is 16.8. The monoisotopic (exact) mass is 1260 g/mol. The largest absolute Gasteiger partial charge is 0.394 e. The highest BCUT2D eigenvalue weighted by Gasteiger charge is 2.59. The second-order valence-corrected chi connectivity index (χ2v) is 21.5. The number of hydrogen-bond donors (Lipinski definition) is 23. The lowest BCUT2D eigenvalue weighted by Crippen LogP contribution is -2.71. The molecule has 0 bridgehead atoms. The predicted octanol–water partition coefficient (Wildman–Crippen LogP) is -15.2. The summed E-state index contributed by atoms with van der Waals surface area (Å²) >= 11 is 0. The number of amides is 3. The van der Waals surface area contributed by atoms with E-state index in [1.165, 1.54) is 6.92 Å². The molecule has 6 saturated heterocycles. The minimum absolute atomic E-state index is 0.780. The van der Waals surface area contributed by atoms with Gasteiger partial charge in [-0.15, -0.1) is 0 Å². The van der Waals surface area contributed by atoms with Crippen LogP contribution < -0.4 is 16.0 Å². The molecule has 0 unspecified atom stereocenters. The van der Waals surface area contributed by atoms with Crippen LogP contribution in [0.15, 0.2) is 0 Å². The summed E-state index contributed by atoms with van der Waals surface area (Å²) in [7, 11) is 0. The second-order valence-electron chi connectivity index (χ2n) is 21.5. The minimum atomic E-state index is -2.34. The van der Waals surface area contributed by atoms with E-state index in [1.807, 2.05) is 0 Å². The van der Waals surface area contributed by atoms with Gasteiger partial charge in [-0.05, 0) is 6.92 Å². The standard InChI is InChI=1S/C48H83N3O35/c1-12-25(63)31(69)33(71)45(75-12)83-39-22(11-58)80-44(24(51-15(4)61)40(39)84-46-34(72)32(70)27(65)18(7-54)76-46)86-42-29(67)20(9-56)78-48(36(42)74)82-38-21(10-57)79-43(23(30(38)68)50-14(3)60)85-41-28(66)19(8-55)77-47(35(41)73)81-37(26(64)17(62)6-53)16(5-52)49-13(2)59/h12,16-48,52-58,62-74H,5-11H2,1-4H3,(H,49,59)(H,50,60)(H,51,61)/t12-,16-,17+,18+,19+,20+,21+,22+,23+,24+,25+,26-,27-,28-,29-,30+,31+,32-,33-,34+,35+,36+,37+,38+,39+,40+,41-,42-,43-,44-,45-,46-,47-,48-/m0/s1. The number of nitrogens with one attached hydrogen (secondary N) is 3.